The summed E-state index contributed by atoms with van der Waals surface area (Å²) >= 11 is 0. The first-order valence-electron chi connectivity index (χ1n) is 8.40. The molecule has 0 spiro atoms. The molecule has 0 aromatic heterocycles. The minimum Gasteiger partial charge on any atom is -0.374 e. The highest BCUT2D eigenvalue weighted by molar-refractivity contribution is 5.14. The van der Waals surface area contributed by atoms with Crippen molar-refractivity contribution < 1.29 is 23.7 Å². The molecule has 0 radical (unpaired) electrons. The monoisotopic (exact) mass is 347 g/mol. The number of benzene rings is 1. The Bertz CT molecular complexity index is 664. The molecule has 4 rings (SSSR count). The molecule has 0 N–H and O–H groups in total. The van der Waals surface area contributed by atoms with E-state index in [1.807, 2.05) is 44.2 Å². The third kappa shape index (κ3) is 3.25. The second-order valence-electron chi connectivity index (χ2n) is 6.90. The molecule has 1 aromatic carbocycles. The number of rotatable bonds is 5. The fraction of sp³-hybridized carbons (Fsp3) is 0.647. The Morgan fingerprint density at radius 3 is 2.68 bits per heavy atom. The number of azide groups is 1. The Labute approximate surface area is 145 Å². The van der Waals surface area contributed by atoms with Gasteiger partial charge in [0.25, 0.3) is 0 Å². The summed E-state index contributed by atoms with van der Waals surface area (Å²) in [5.41, 5.74) is 9.75. The van der Waals surface area contributed by atoms with Crippen LogP contribution in [0.25, 0.3) is 10.4 Å². The number of hydrogen-bond acceptors (Lipinski definition) is 6. The van der Waals surface area contributed by atoms with Gasteiger partial charge in [-0.2, -0.15) is 0 Å². The van der Waals surface area contributed by atoms with Gasteiger partial charge >= 0.3 is 0 Å². The normalized spacial score (nSPS) is 38.6. The maximum atomic E-state index is 8.69. The Hall–Kier alpha value is -1.67. The molecule has 3 fully saturated rings. The van der Waals surface area contributed by atoms with Crippen LogP contribution in [0.5, 0.6) is 0 Å². The Balaban J connectivity index is 1.51. The second-order valence-corrected chi connectivity index (χ2v) is 6.90. The van der Waals surface area contributed by atoms with Gasteiger partial charge in [-0.15, -0.1) is 0 Å². The van der Waals surface area contributed by atoms with Gasteiger partial charge in [-0.1, -0.05) is 35.4 Å². The first kappa shape index (κ1) is 16.8. The van der Waals surface area contributed by atoms with Crippen LogP contribution in [0.3, 0.4) is 0 Å². The summed E-state index contributed by atoms with van der Waals surface area (Å²) < 4.78 is 29.6. The van der Waals surface area contributed by atoms with Crippen LogP contribution in [0.15, 0.2) is 35.4 Å². The van der Waals surface area contributed by atoms with Crippen molar-refractivity contribution in [2.75, 3.05) is 6.61 Å². The topological polar surface area (TPSA) is 94.9 Å². The molecule has 1 aromatic rings. The van der Waals surface area contributed by atoms with Crippen molar-refractivity contribution >= 4 is 0 Å². The van der Waals surface area contributed by atoms with Gasteiger partial charge in [0.2, 0.25) is 0 Å². The molecule has 3 aliphatic heterocycles. The van der Waals surface area contributed by atoms with Crippen molar-refractivity contribution in [2.45, 2.75) is 63.0 Å². The molecular formula is C17H21N3O5. The summed E-state index contributed by atoms with van der Waals surface area (Å²) in [5.74, 6) is -0.723. The average Bonchev–Trinajstić information content (AvgIpc) is 3.02. The van der Waals surface area contributed by atoms with Crippen LogP contribution in [-0.2, 0) is 30.3 Å². The first-order valence-corrected chi connectivity index (χ1v) is 8.40. The highest BCUT2D eigenvalue weighted by Gasteiger charge is 2.59. The van der Waals surface area contributed by atoms with E-state index in [9.17, 15) is 0 Å². The predicted molar refractivity (Wildman–Crippen MR) is 86.4 cm³/mol. The van der Waals surface area contributed by atoms with Gasteiger partial charge in [-0.05, 0) is 24.9 Å². The molecule has 134 valence electrons. The minimum absolute atomic E-state index is 0.260. The molecule has 0 amide bonds. The third-order valence-corrected chi connectivity index (χ3v) is 4.67. The predicted octanol–water partition coefficient (Wildman–Crippen LogP) is 2.53. The lowest BCUT2D eigenvalue weighted by molar-refractivity contribution is -0.249. The second kappa shape index (κ2) is 6.57. The molecular weight excluding hydrogens is 326 g/mol. The van der Waals surface area contributed by atoms with Crippen LogP contribution in [0.4, 0.5) is 0 Å². The smallest absolute Gasteiger partial charge is 0.190 e. The van der Waals surface area contributed by atoms with E-state index in [1.54, 1.807) is 0 Å². The quantitative estimate of drug-likeness (QED) is 0.463. The summed E-state index contributed by atoms with van der Waals surface area (Å²) in [4.78, 5) is 2.88. The summed E-state index contributed by atoms with van der Waals surface area (Å²) in [6, 6.07) is 9.64. The van der Waals surface area contributed by atoms with E-state index in [-0.39, 0.29) is 24.4 Å². The number of fused-ring (bicyclic) bond motifs is 1. The van der Waals surface area contributed by atoms with Gasteiger partial charge in [0.15, 0.2) is 12.1 Å². The van der Waals surface area contributed by atoms with Crippen LogP contribution in [0.1, 0.15) is 19.4 Å². The Morgan fingerprint density at radius 1 is 1.20 bits per heavy atom. The zero-order valence-corrected chi connectivity index (χ0v) is 14.1. The molecule has 0 saturated carbocycles. The molecule has 0 aliphatic carbocycles. The summed E-state index contributed by atoms with van der Waals surface area (Å²) in [7, 11) is 0. The number of ether oxygens (including phenoxy) is 5. The summed E-state index contributed by atoms with van der Waals surface area (Å²) in [5, 5.41) is 3.77. The standard InChI is InChI=1S/C17H21N3O5/c1-17(2)24-15-13(21-8-10-6-4-3-5-7-10)14(23-16(15)25-17)12-11(9-22-12)19-20-18/h3-7,11-16H,8-9H2,1-2H3/t11-,12+,13+,14-,15-,16-/m1/s1. The molecule has 6 atom stereocenters. The largest absolute Gasteiger partial charge is 0.374 e. The maximum Gasteiger partial charge on any atom is 0.190 e. The van der Waals surface area contributed by atoms with E-state index >= 15 is 0 Å². The van der Waals surface area contributed by atoms with E-state index in [2.05, 4.69) is 10.0 Å². The molecule has 3 aliphatic rings. The van der Waals surface area contributed by atoms with Gasteiger partial charge < -0.3 is 23.7 Å². The zero-order valence-electron chi connectivity index (χ0n) is 14.1. The highest BCUT2D eigenvalue weighted by Crippen LogP contribution is 2.42. The molecule has 8 nitrogen and oxygen atoms in total. The maximum absolute atomic E-state index is 8.69. The Kier molecular flexibility index (Phi) is 4.41. The minimum atomic E-state index is -0.723. The van der Waals surface area contributed by atoms with E-state index in [4.69, 9.17) is 29.2 Å². The number of hydrogen-bond donors (Lipinski definition) is 0. The molecule has 3 heterocycles. The molecule has 0 bridgehead atoms. The average molecular weight is 347 g/mol. The first-order chi connectivity index (χ1) is 12.1. The van der Waals surface area contributed by atoms with E-state index < -0.39 is 18.2 Å². The van der Waals surface area contributed by atoms with E-state index in [0.29, 0.717) is 13.2 Å². The van der Waals surface area contributed by atoms with Crippen LogP contribution in [0, 0.1) is 0 Å². The van der Waals surface area contributed by atoms with Crippen LogP contribution in [-0.4, -0.2) is 49.1 Å². The van der Waals surface area contributed by atoms with E-state index in [1.165, 1.54) is 0 Å². The van der Waals surface area contributed by atoms with Crippen molar-refractivity contribution in [2.24, 2.45) is 5.11 Å². The SMILES string of the molecule is CC1(C)O[C@H]2O[C@H]([C@H]3OC[C@H]3N=[N+]=[N-])[C@H](OCc3ccccc3)[C@H]2O1. The third-order valence-electron chi connectivity index (χ3n) is 4.67. The highest BCUT2D eigenvalue weighted by atomic mass is 16.8. The van der Waals surface area contributed by atoms with Crippen LogP contribution < -0.4 is 0 Å². The van der Waals surface area contributed by atoms with Crippen molar-refractivity contribution in [3.8, 4) is 0 Å². The van der Waals surface area contributed by atoms with Crippen LogP contribution >= 0.6 is 0 Å². The van der Waals surface area contributed by atoms with Crippen LogP contribution in [0.2, 0.25) is 0 Å². The zero-order chi connectivity index (χ0) is 17.4. The molecule has 3 saturated heterocycles. The lowest BCUT2D eigenvalue weighted by atomic mass is 9.96. The van der Waals surface area contributed by atoms with Gasteiger partial charge in [-0.25, -0.2) is 0 Å². The van der Waals surface area contributed by atoms with Gasteiger partial charge in [0.1, 0.15) is 18.3 Å². The van der Waals surface area contributed by atoms with Gasteiger partial charge in [0, 0.05) is 4.91 Å². The summed E-state index contributed by atoms with van der Waals surface area (Å²) in [6.45, 7) is 4.51. The van der Waals surface area contributed by atoms with Crippen molar-refractivity contribution in [1.29, 1.82) is 0 Å². The fourth-order valence-electron chi connectivity index (χ4n) is 3.50. The van der Waals surface area contributed by atoms with Crippen molar-refractivity contribution in [1.82, 2.24) is 0 Å². The van der Waals surface area contributed by atoms with Crippen molar-refractivity contribution in [3.05, 3.63) is 46.3 Å². The Morgan fingerprint density at radius 2 is 2.00 bits per heavy atom. The molecule has 0 unspecified atom stereocenters. The van der Waals surface area contributed by atoms with Gasteiger partial charge in [-0.3, -0.25) is 0 Å². The van der Waals surface area contributed by atoms with E-state index in [0.717, 1.165) is 5.56 Å². The fourth-order valence-corrected chi connectivity index (χ4v) is 3.50. The lowest BCUT2D eigenvalue weighted by Crippen LogP contribution is -2.55. The lowest BCUT2D eigenvalue weighted by Gasteiger charge is -2.40. The number of nitrogens with zero attached hydrogens (tertiary/aromatic N) is 3. The van der Waals surface area contributed by atoms with Crippen molar-refractivity contribution in [3.63, 3.8) is 0 Å². The van der Waals surface area contributed by atoms with Gasteiger partial charge in [0.05, 0.1) is 25.4 Å². The summed E-state index contributed by atoms with van der Waals surface area (Å²) in [6.07, 6.45) is -1.98. The molecule has 8 heteroatoms. The molecule has 25 heavy (non-hydrogen) atoms.